The fourth-order valence-electron chi connectivity index (χ4n) is 3.81. The lowest BCUT2D eigenvalue weighted by atomic mass is 10.1. The molecule has 0 aromatic heterocycles. The number of hydrogen-bond donors (Lipinski definition) is 2. The van der Waals surface area contributed by atoms with Crippen LogP contribution in [-0.2, 0) is 21.4 Å². The molecule has 0 unspecified atom stereocenters. The number of amides is 2. The molecule has 9 heteroatoms. The van der Waals surface area contributed by atoms with Crippen LogP contribution in [0.1, 0.15) is 28.4 Å². The summed E-state index contributed by atoms with van der Waals surface area (Å²) in [5, 5.41) is 6.02. The van der Waals surface area contributed by atoms with Crippen molar-refractivity contribution in [2.24, 2.45) is 0 Å². The summed E-state index contributed by atoms with van der Waals surface area (Å²) in [5.41, 5.74) is 3.13. The SMILES string of the molecule is CC(=O)Nc1ccc(NC(=O)c2ccccc2N(Cc2ccc(Cl)cc2)S(=O)(=O)c2ccc(C)cc2)cc1. The summed E-state index contributed by atoms with van der Waals surface area (Å²) in [6, 6.07) is 26.6. The maximum atomic E-state index is 13.9. The van der Waals surface area contributed by atoms with Crippen LogP contribution in [0.3, 0.4) is 0 Å². The molecule has 0 saturated carbocycles. The van der Waals surface area contributed by atoms with Crippen molar-refractivity contribution in [3.05, 3.63) is 119 Å². The van der Waals surface area contributed by atoms with E-state index in [0.717, 1.165) is 5.56 Å². The highest BCUT2D eigenvalue weighted by Gasteiger charge is 2.28. The Morgan fingerprint density at radius 1 is 0.789 bits per heavy atom. The monoisotopic (exact) mass is 547 g/mol. The van der Waals surface area contributed by atoms with Gasteiger partial charge in [-0.05, 0) is 73.2 Å². The first-order valence-electron chi connectivity index (χ1n) is 11.8. The van der Waals surface area contributed by atoms with E-state index in [4.69, 9.17) is 11.6 Å². The van der Waals surface area contributed by atoms with E-state index in [1.54, 1.807) is 97.1 Å². The number of carbonyl (C=O) groups is 2. The van der Waals surface area contributed by atoms with Crippen LogP contribution in [0.4, 0.5) is 17.1 Å². The van der Waals surface area contributed by atoms with Crippen molar-refractivity contribution in [3.8, 4) is 0 Å². The molecule has 0 fully saturated rings. The maximum absolute atomic E-state index is 13.9. The third kappa shape index (κ3) is 6.40. The van der Waals surface area contributed by atoms with Crippen LogP contribution in [0.2, 0.25) is 5.02 Å². The van der Waals surface area contributed by atoms with E-state index in [1.807, 2.05) is 6.92 Å². The van der Waals surface area contributed by atoms with Crippen molar-refractivity contribution in [1.29, 1.82) is 0 Å². The number of hydrogen-bond acceptors (Lipinski definition) is 4. The van der Waals surface area contributed by atoms with Crippen LogP contribution in [0.15, 0.2) is 102 Å². The molecule has 194 valence electrons. The lowest BCUT2D eigenvalue weighted by molar-refractivity contribution is -0.114. The Labute approximate surface area is 227 Å². The second-order valence-corrected chi connectivity index (χ2v) is 11.0. The highest BCUT2D eigenvalue weighted by atomic mass is 35.5. The van der Waals surface area contributed by atoms with E-state index in [9.17, 15) is 18.0 Å². The molecule has 0 heterocycles. The van der Waals surface area contributed by atoms with Gasteiger partial charge in [0.05, 0.1) is 22.7 Å². The molecule has 38 heavy (non-hydrogen) atoms. The van der Waals surface area contributed by atoms with Gasteiger partial charge in [0.15, 0.2) is 0 Å². The summed E-state index contributed by atoms with van der Waals surface area (Å²) in [4.78, 5) is 24.8. The summed E-state index contributed by atoms with van der Waals surface area (Å²) in [6.45, 7) is 3.28. The van der Waals surface area contributed by atoms with Crippen molar-refractivity contribution >= 4 is 50.5 Å². The third-order valence-corrected chi connectivity index (χ3v) is 7.75. The molecule has 0 bridgehead atoms. The third-order valence-electron chi connectivity index (χ3n) is 5.73. The Balaban J connectivity index is 1.72. The number of anilines is 3. The number of para-hydroxylation sites is 1. The minimum absolute atomic E-state index is 0.0108. The Bertz CT molecular complexity index is 1550. The van der Waals surface area contributed by atoms with Crippen molar-refractivity contribution < 1.29 is 18.0 Å². The summed E-state index contributed by atoms with van der Waals surface area (Å²) in [6.07, 6.45) is 0. The normalized spacial score (nSPS) is 11.0. The van der Waals surface area contributed by atoms with Crippen molar-refractivity contribution in [2.75, 3.05) is 14.9 Å². The van der Waals surface area contributed by atoms with Gasteiger partial charge in [-0.2, -0.15) is 0 Å². The van der Waals surface area contributed by atoms with Gasteiger partial charge in [-0.25, -0.2) is 8.42 Å². The highest BCUT2D eigenvalue weighted by Crippen LogP contribution is 2.30. The summed E-state index contributed by atoms with van der Waals surface area (Å²) in [7, 11) is -4.05. The van der Waals surface area contributed by atoms with Gasteiger partial charge in [-0.1, -0.05) is 53.6 Å². The van der Waals surface area contributed by atoms with Crippen molar-refractivity contribution in [2.45, 2.75) is 25.3 Å². The maximum Gasteiger partial charge on any atom is 0.264 e. The molecular formula is C29H26ClN3O4S. The van der Waals surface area contributed by atoms with Crippen LogP contribution < -0.4 is 14.9 Å². The zero-order valence-electron chi connectivity index (χ0n) is 20.8. The van der Waals surface area contributed by atoms with Crippen LogP contribution in [-0.4, -0.2) is 20.2 Å². The number of aryl methyl sites for hydroxylation is 1. The number of sulfonamides is 1. The number of carbonyl (C=O) groups excluding carboxylic acids is 2. The van der Waals surface area contributed by atoms with Gasteiger partial charge in [-0.3, -0.25) is 13.9 Å². The summed E-state index contributed by atoms with van der Waals surface area (Å²) < 4.78 is 29.0. The molecule has 0 aliphatic rings. The number of nitrogens with one attached hydrogen (secondary N) is 2. The predicted octanol–water partition coefficient (Wildman–Crippen LogP) is 6.25. The van der Waals surface area contributed by atoms with Gasteiger partial charge < -0.3 is 10.6 Å². The number of nitrogens with zero attached hydrogens (tertiary/aromatic N) is 1. The van der Waals surface area contributed by atoms with Crippen LogP contribution in [0, 0.1) is 6.92 Å². The molecule has 0 saturated heterocycles. The Kier molecular flexibility index (Phi) is 8.14. The van der Waals surface area contributed by atoms with Crippen LogP contribution >= 0.6 is 11.6 Å². The topological polar surface area (TPSA) is 95.6 Å². The Hall–Kier alpha value is -4.14. The quantitative estimate of drug-likeness (QED) is 0.272. The average Bonchev–Trinajstić information content (AvgIpc) is 2.89. The Morgan fingerprint density at radius 2 is 1.37 bits per heavy atom. The number of rotatable bonds is 8. The lowest BCUT2D eigenvalue weighted by Gasteiger charge is -2.27. The average molecular weight is 548 g/mol. The second kappa shape index (κ2) is 11.5. The zero-order chi connectivity index (χ0) is 27.3. The molecule has 0 radical (unpaired) electrons. The van der Waals surface area contributed by atoms with E-state index in [1.165, 1.54) is 11.2 Å². The molecule has 2 amide bonds. The van der Waals surface area contributed by atoms with Crippen LogP contribution in [0.25, 0.3) is 0 Å². The predicted molar refractivity (Wildman–Crippen MR) is 151 cm³/mol. The zero-order valence-corrected chi connectivity index (χ0v) is 22.4. The van der Waals surface area contributed by atoms with E-state index < -0.39 is 15.9 Å². The first kappa shape index (κ1) is 26.9. The van der Waals surface area contributed by atoms with Gasteiger partial charge >= 0.3 is 0 Å². The van der Waals surface area contributed by atoms with E-state index in [2.05, 4.69) is 10.6 Å². The number of halogens is 1. The molecule has 0 aliphatic heterocycles. The first-order chi connectivity index (χ1) is 18.1. The van der Waals surface area contributed by atoms with Gasteiger partial charge in [-0.15, -0.1) is 0 Å². The fourth-order valence-corrected chi connectivity index (χ4v) is 5.41. The van der Waals surface area contributed by atoms with Gasteiger partial charge in [0, 0.05) is 23.3 Å². The molecule has 4 rings (SSSR count). The molecule has 4 aromatic rings. The summed E-state index contributed by atoms with van der Waals surface area (Å²) in [5.74, 6) is -0.681. The molecular weight excluding hydrogens is 522 g/mol. The van der Waals surface area contributed by atoms with Crippen molar-refractivity contribution in [3.63, 3.8) is 0 Å². The molecule has 0 aliphatic carbocycles. The lowest BCUT2D eigenvalue weighted by Crippen LogP contribution is -2.32. The fraction of sp³-hybridized carbons (Fsp3) is 0.103. The molecule has 0 atom stereocenters. The largest absolute Gasteiger partial charge is 0.326 e. The van der Waals surface area contributed by atoms with E-state index in [0.29, 0.717) is 22.0 Å². The first-order valence-corrected chi connectivity index (χ1v) is 13.6. The van der Waals surface area contributed by atoms with E-state index >= 15 is 0 Å². The van der Waals surface area contributed by atoms with Gasteiger partial charge in [0.2, 0.25) is 5.91 Å². The second-order valence-electron chi connectivity index (χ2n) is 8.68. The van der Waals surface area contributed by atoms with Crippen LogP contribution in [0.5, 0.6) is 0 Å². The van der Waals surface area contributed by atoms with Gasteiger partial charge in [0.25, 0.3) is 15.9 Å². The minimum Gasteiger partial charge on any atom is -0.326 e. The molecule has 0 spiro atoms. The summed E-state index contributed by atoms with van der Waals surface area (Å²) >= 11 is 6.04. The van der Waals surface area contributed by atoms with E-state index in [-0.39, 0.29) is 28.6 Å². The highest BCUT2D eigenvalue weighted by molar-refractivity contribution is 7.92. The molecule has 2 N–H and O–H groups in total. The molecule has 7 nitrogen and oxygen atoms in total. The Morgan fingerprint density at radius 3 is 1.97 bits per heavy atom. The molecule has 4 aromatic carbocycles. The van der Waals surface area contributed by atoms with Crippen molar-refractivity contribution in [1.82, 2.24) is 0 Å². The van der Waals surface area contributed by atoms with Gasteiger partial charge in [0.1, 0.15) is 0 Å². The minimum atomic E-state index is -4.05. The standard InChI is InChI=1S/C29H26ClN3O4S/c1-20-7-17-26(18-8-20)38(36,37)33(19-22-9-11-23(30)12-10-22)28-6-4-3-5-27(28)29(35)32-25-15-13-24(14-16-25)31-21(2)34/h3-18H,19H2,1-2H3,(H,31,34)(H,32,35). The number of benzene rings is 4. The smallest absolute Gasteiger partial charge is 0.264 e.